The lowest BCUT2D eigenvalue weighted by molar-refractivity contribution is -0.226. The van der Waals surface area contributed by atoms with Gasteiger partial charge in [-0.05, 0) is 127 Å². The van der Waals surface area contributed by atoms with Gasteiger partial charge in [-0.1, -0.05) is 58.4 Å². The van der Waals surface area contributed by atoms with Gasteiger partial charge in [0.25, 0.3) is 5.79 Å². The molecule has 8 nitrogen and oxygen atoms in total. The summed E-state index contributed by atoms with van der Waals surface area (Å²) < 4.78 is 22.7. The normalized spacial score (nSPS) is 38.5. The minimum Gasteiger partial charge on any atom is -0.462 e. The molecule has 1 heterocycles. The third kappa shape index (κ3) is 8.19. The molecule has 6 bridgehead atoms. The molecule has 0 aromatic heterocycles. The van der Waals surface area contributed by atoms with Crippen LogP contribution in [-0.2, 0) is 38.1 Å². The maximum Gasteiger partial charge on any atom is 0.315 e. The minimum atomic E-state index is -1.08. The zero-order valence-corrected chi connectivity index (χ0v) is 27.2. The van der Waals surface area contributed by atoms with E-state index in [-0.39, 0.29) is 92.0 Å². The SMILES string of the molecule is C.C.C.C.C.C.CC(=O)OC(C)(C)C.CCC(CC(C)C(=O)OC1CC2CC1C1C3CCC(C3)C21)C(=O)OC12CC3CC1C(C)(C3)C(=O)O2. The van der Waals surface area contributed by atoms with Crippen LogP contribution in [0.4, 0.5) is 0 Å². The smallest absolute Gasteiger partial charge is 0.315 e. The average Bonchev–Trinajstić information content (AvgIpc) is 3.73. The molecule has 6 aliphatic carbocycles. The Morgan fingerprint density at radius 3 is 2.02 bits per heavy atom. The summed E-state index contributed by atoms with van der Waals surface area (Å²) in [6.07, 6.45) is 9.94. The van der Waals surface area contributed by atoms with Crippen LogP contribution in [-0.4, -0.2) is 41.4 Å². The maximum absolute atomic E-state index is 13.2. The summed E-state index contributed by atoms with van der Waals surface area (Å²) in [5.74, 6) is 2.41. The number of carbonyl (C=O) groups is 4. The van der Waals surface area contributed by atoms with E-state index in [2.05, 4.69) is 0 Å². The van der Waals surface area contributed by atoms with Crippen molar-refractivity contribution in [3.05, 3.63) is 0 Å². The second kappa shape index (κ2) is 16.5. The van der Waals surface area contributed by atoms with E-state index in [9.17, 15) is 19.2 Å². The van der Waals surface area contributed by atoms with Gasteiger partial charge < -0.3 is 18.9 Å². The van der Waals surface area contributed by atoms with E-state index in [1.54, 1.807) is 0 Å². The van der Waals surface area contributed by atoms with E-state index in [0.717, 1.165) is 48.9 Å². The molecule has 7 fully saturated rings. The molecule has 0 aromatic carbocycles. The van der Waals surface area contributed by atoms with Crippen LogP contribution >= 0.6 is 0 Å². The fourth-order valence-corrected chi connectivity index (χ4v) is 11.1. The molecule has 0 N–H and O–H groups in total. The topological polar surface area (TPSA) is 105 Å². The van der Waals surface area contributed by atoms with Crippen LogP contribution < -0.4 is 0 Å². The standard InChI is InChI=1S/C29H40O6.C6H12O2.6CH4/c1-4-16(26(31)34-29-13-15-8-22(29)28(3,12-15)27(32)35-29)7-14(2)25(30)33-21-11-19-10-20(21)24-18-6-5-17(9-18)23(19)24;1-5(7)8-6(2,3)4;;;;;;/h14-24H,4-13H2,1-3H3;1-4H3;6*1H4. The molecule has 0 radical (unpaired) electrons. The van der Waals surface area contributed by atoms with Crippen LogP contribution in [0.5, 0.6) is 0 Å². The van der Waals surface area contributed by atoms with Gasteiger partial charge in [0, 0.05) is 13.3 Å². The van der Waals surface area contributed by atoms with Crippen molar-refractivity contribution >= 4 is 23.9 Å². The highest BCUT2D eigenvalue weighted by molar-refractivity contribution is 5.82. The zero-order valence-electron chi connectivity index (χ0n) is 27.2. The van der Waals surface area contributed by atoms with Crippen LogP contribution in [0.2, 0.25) is 0 Å². The first-order chi connectivity index (χ1) is 20.1. The van der Waals surface area contributed by atoms with Gasteiger partial charge in [-0.2, -0.15) is 0 Å². The summed E-state index contributed by atoms with van der Waals surface area (Å²) in [5.41, 5.74) is -0.841. The monoisotopic (exact) mass is 697 g/mol. The summed E-state index contributed by atoms with van der Waals surface area (Å²) in [7, 11) is 0. The first kappa shape index (κ1) is 46.9. The summed E-state index contributed by atoms with van der Waals surface area (Å²) >= 11 is 0. The molecule has 1 saturated heterocycles. The third-order valence-corrected chi connectivity index (χ3v) is 12.4. The minimum absolute atomic E-state index is 0. The Balaban J connectivity index is 0.00000149. The van der Waals surface area contributed by atoms with Gasteiger partial charge in [0.05, 0.1) is 23.2 Å². The molecule has 7 aliphatic rings. The molecule has 7 rings (SSSR count). The van der Waals surface area contributed by atoms with Crippen molar-refractivity contribution in [2.45, 2.75) is 175 Å². The second-order valence-electron chi connectivity index (χ2n) is 16.4. The van der Waals surface area contributed by atoms with Gasteiger partial charge in [-0.3, -0.25) is 19.2 Å². The molecule has 49 heavy (non-hydrogen) atoms. The lowest BCUT2D eigenvalue weighted by atomic mass is 9.70. The van der Waals surface area contributed by atoms with Crippen LogP contribution in [0.3, 0.4) is 0 Å². The van der Waals surface area contributed by atoms with Crippen molar-refractivity contribution in [3.8, 4) is 0 Å². The first-order valence-electron chi connectivity index (χ1n) is 17.0. The average molecular weight is 697 g/mol. The number of rotatable bonds is 7. The Hall–Kier alpha value is -2.12. The molecule has 13 unspecified atom stereocenters. The number of ether oxygens (including phenoxy) is 4. The molecule has 0 spiro atoms. The highest BCUT2D eigenvalue weighted by Crippen LogP contribution is 2.68. The van der Waals surface area contributed by atoms with Crippen LogP contribution in [0.25, 0.3) is 0 Å². The van der Waals surface area contributed by atoms with Gasteiger partial charge in [0.1, 0.15) is 11.7 Å². The first-order valence-corrected chi connectivity index (χ1v) is 17.0. The van der Waals surface area contributed by atoms with Crippen molar-refractivity contribution in [3.63, 3.8) is 0 Å². The quantitative estimate of drug-likeness (QED) is 0.147. The highest BCUT2D eigenvalue weighted by atomic mass is 16.7. The van der Waals surface area contributed by atoms with Crippen molar-refractivity contribution in [2.24, 2.45) is 64.6 Å². The van der Waals surface area contributed by atoms with Crippen molar-refractivity contribution in [1.82, 2.24) is 0 Å². The van der Waals surface area contributed by atoms with Gasteiger partial charge in [-0.25, -0.2) is 0 Å². The van der Waals surface area contributed by atoms with Crippen molar-refractivity contribution in [1.29, 1.82) is 0 Å². The lowest BCUT2D eigenvalue weighted by Gasteiger charge is -2.38. The predicted molar refractivity (Wildman–Crippen MR) is 197 cm³/mol. The molecule has 1 aliphatic heterocycles. The molecule has 13 atom stereocenters. The number of hydrogen-bond donors (Lipinski definition) is 0. The number of esters is 4. The van der Waals surface area contributed by atoms with Crippen LogP contribution in [0.15, 0.2) is 0 Å². The summed E-state index contributed by atoms with van der Waals surface area (Å²) in [6, 6.07) is 0. The fraction of sp³-hybridized carbons (Fsp3) is 0.902. The predicted octanol–water partition coefficient (Wildman–Crippen LogP) is 10.0. The molecule has 8 heteroatoms. The van der Waals surface area contributed by atoms with Crippen LogP contribution in [0.1, 0.15) is 157 Å². The largest absolute Gasteiger partial charge is 0.462 e. The second-order valence-corrected chi connectivity index (χ2v) is 16.4. The Labute approximate surface area is 300 Å². The Kier molecular flexibility index (Phi) is 15.8. The molecule has 288 valence electrons. The zero-order chi connectivity index (χ0) is 31.1. The van der Waals surface area contributed by atoms with Gasteiger partial charge in [0.15, 0.2) is 0 Å². The Bertz CT molecular complexity index is 1160. The van der Waals surface area contributed by atoms with E-state index in [0.29, 0.717) is 31.1 Å². The Morgan fingerprint density at radius 1 is 0.878 bits per heavy atom. The molecule has 6 saturated carbocycles. The van der Waals surface area contributed by atoms with E-state index in [4.69, 9.17) is 18.9 Å². The van der Waals surface area contributed by atoms with Crippen LogP contribution in [0, 0.1) is 64.6 Å². The maximum atomic E-state index is 13.2. The summed E-state index contributed by atoms with van der Waals surface area (Å²) in [4.78, 5) is 49.2. The number of carbonyl (C=O) groups excluding carboxylic acids is 4. The fourth-order valence-electron chi connectivity index (χ4n) is 11.1. The van der Waals surface area contributed by atoms with E-state index >= 15 is 0 Å². The van der Waals surface area contributed by atoms with E-state index in [1.165, 1.54) is 32.6 Å². The lowest BCUT2D eigenvalue weighted by Crippen LogP contribution is -2.43. The molecule has 0 aromatic rings. The summed E-state index contributed by atoms with van der Waals surface area (Å²) in [6.45, 7) is 12.7. The summed E-state index contributed by atoms with van der Waals surface area (Å²) in [5, 5.41) is 0. The van der Waals surface area contributed by atoms with Crippen molar-refractivity contribution in [2.75, 3.05) is 0 Å². The molecular weight excluding hydrogens is 620 g/mol. The third-order valence-electron chi connectivity index (χ3n) is 12.4. The van der Waals surface area contributed by atoms with Gasteiger partial charge in [0.2, 0.25) is 0 Å². The van der Waals surface area contributed by atoms with E-state index < -0.39 is 17.1 Å². The van der Waals surface area contributed by atoms with Gasteiger partial charge in [-0.15, -0.1) is 0 Å². The number of fused-ring (bicyclic) bond motifs is 10. The van der Waals surface area contributed by atoms with Gasteiger partial charge >= 0.3 is 23.9 Å². The van der Waals surface area contributed by atoms with Crippen molar-refractivity contribution < 1.29 is 38.1 Å². The van der Waals surface area contributed by atoms with E-state index in [1.807, 2.05) is 41.5 Å². The highest BCUT2D eigenvalue weighted by Gasteiger charge is 2.74. The number of hydrogen-bond acceptors (Lipinski definition) is 8. The molecule has 0 amide bonds. The Morgan fingerprint density at radius 2 is 1.49 bits per heavy atom. The molecular formula is C41H76O8.